The summed E-state index contributed by atoms with van der Waals surface area (Å²) in [6.07, 6.45) is 0.846. The molecule has 1 heterocycles. The quantitative estimate of drug-likeness (QED) is 0.173. The number of ketones is 1. The van der Waals surface area contributed by atoms with Crippen molar-refractivity contribution in [1.82, 2.24) is 15.3 Å². The fourth-order valence-corrected chi connectivity index (χ4v) is 4.21. The Morgan fingerprint density at radius 2 is 1.48 bits per heavy atom. The molecule has 1 aromatic heterocycles. The van der Waals surface area contributed by atoms with E-state index in [1.54, 1.807) is 6.92 Å². The lowest BCUT2D eigenvalue weighted by atomic mass is 9.98. The van der Waals surface area contributed by atoms with Crippen molar-refractivity contribution in [3.8, 4) is 5.88 Å². The summed E-state index contributed by atoms with van der Waals surface area (Å²) in [5.74, 6) is -2.09. The average molecular weight is 568 g/mol. The highest BCUT2D eigenvalue weighted by Gasteiger charge is 2.33. The van der Waals surface area contributed by atoms with E-state index in [2.05, 4.69) is 15.3 Å². The minimum Gasteiger partial charge on any atom is -0.472 e. The van der Waals surface area contributed by atoms with E-state index in [1.165, 1.54) is 13.1 Å². The van der Waals surface area contributed by atoms with Crippen LogP contribution in [-0.4, -0.2) is 44.9 Å². The van der Waals surface area contributed by atoms with E-state index in [4.69, 9.17) is 9.47 Å². The first-order chi connectivity index (χ1) is 20.3. The van der Waals surface area contributed by atoms with Crippen LogP contribution in [0.5, 0.6) is 5.88 Å². The molecule has 0 radical (unpaired) electrons. The van der Waals surface area contributed by atoms with Gasteiger partial charge in [-0.2, -0.15) is 4.98 Å². The molecule has 1 unspecified atom stereocenters. The number of aliphatic hydroxyl groups is 1. The smallest absolute Gasteiger partial charge is 0.337 e. The summed E-state index contributed by atoms with van der Waals surface area (Å²) < 4.78 is 10.8. The van der Waals surface area contributed by atoms with Gasteiger partial charge < -0.3 is 19.9 Å². The fraction of sp³-hybridized carbons (Fsp3) is 0.242. The molecular weight excluding hydrogens is 534 g/mol. The molecular formula is C33H33N3O6. The van der Waals surface area contributed by atoms with Crippen LogP contribution in [-0.2, 0) is 16.1 Å². The lowest BCUT2D eigenvalue weighted by molar-refractivity contribution is -0.163. The number of carbonyl (C=O) groups excluding carboxylic acids is 3. The lowest BCUT2D eigenvalue weighted by Gasteiger charge is -2.21. The first kappa shape index (κ1) is 30.1. The number of esters is 1. The monoisotopic (exact) mass is 567 g/mol. The number of carbonyl (C=O) groups is 3. The third kappa shape index (κ3) is 7.86. The van der Waals surface area contributed by atoms with Gasteiger partial charge in [0.15, 0.2) is 17.2 Å². The zero-order valence-electron chi connectivity index (χ0n) is 23.5. The summed E-state index contributed by atoms with van der Waals surface area (Å²) in [4.78, 5) is 47.1. The molecule has 9 heteroatoms. The normalized spacial score (nSPS) is 12.3. The van der Waals surface area contributed by atoms with Crippen LogP contribution in [0.3, 0.4) is 0 Å². The van der Waals surface area contributed by atoms with E-state index in [1.807, 2.05) is 91.0 Å². The Kier molecular flexibility index (Phi) is 10.1. The second-order valence-corrected chi connectivity index (χ2v) is 9.83. The number of nitrogens with zero attached hydrogens (tertiary/aromatic N) is 2. The summed E-state index contributed by atoms with van der Waals surface area (Å²) in [7, 11) is 0. The molecule has 216 valence electrons. The maximum atomic E-state index is 13.7. The van der Waals surface area contributed by atoms with Gasteiger partial charge in [-0.15, -0.1) is 0 Å². The van der Waals surface area contributed by atoms with Crippen molar-refractivity contribution in [3.05, 3.63) is 125 Å². The zero-order chi connectivity index (χ0) is 30.0. The average Bonchev–Trinajstić information content (AvgIpc) is 3.02. The topological polar surface area (TPSA) is 128 Å². The highest BCUT2D eigenvalue weighted by Crippen LogP contribution is 2.25. The number of ether oxygens (including phenoxy) is 2. The van der Waals surface area contributed by atoms with Crippen molar-refractivity contribution in [1.29, 1.82) is 0 Å². The Morgan fingerprint density at radius 3 is 2.05 bits per heavy atom. The second-order valence-electron chi connectivity index (χ2n) is 9.83. The summed E-state index contributed by atoms with van der Waals surface area (Å²) in [5.41, 5.74) is 0.808. The highest BCUT2D eigenvalue weighted by molar-refractivity contribution is 5.98. The van der Waals surface area contributed by atoms with Crippen LogP contribution in [0, 0.1) is 0 Å². The predicted octanol–water partition coefficient (Wildman–Crippen LogP) is 4.85. The van der Waals surface area contributed by atoms with E-state index < -0.39 is 29.3 Å². The molecule has 0 bridgehead atoms. The van der Waals surface area contributed by atoms with Gasteiger partial charge in [0, 0.05) is 12.6 Å². The van der Waals surface area contributed by atoms with Crippen molar-refractivity contribution in [2.45, 2.75) is 44.9 Å². The van der Waals surface area contributed by atoms with Gasteiger partial charge >= 0.3 is 5.97 Å². The molecule has 4 aromatic rings. The van der Waals surface area contributed by atoms with Gasteiger partial charge in [-0.05, 0) is 37.0 Å². The van der Waals surface area contributed by atoms with Crippen LogP contribution in [0.4, 0.5) is 0 Å². The van der Waals surface area contributed by atoms with E-state index >= 15 is 0 Å². The number of nitrogens with one attached hydrogen (secondary N) is 1. The molecule has 0 saturated heterocycles. The van der Waals surface area contributed by atoms with Crippen molar-refractivity contribution in [3.63, 3.8) is 0 Å². The third-order valence-corrected chi connectivity index (χ3v) is 6.56. The molecule has 42 heavy (non-hydrogen) atoms. The highest BCUT2D eigenvalue weighted by atomic mass is 16.5. The lowest BCUT2D eigenvalue weighted by Crippen LogP contribution is -2.37. The molecule has 4 rings (SSSR count). The third-order valence-electron chi connectivity index (χ3n) is 6.56. The first-order valence-electron chi connectivity index (χ1n) is 13.7. The molecule has 2 N–H and O–H groups in total. The van der Waals surface area contributed by atoms with Crippen molar-refractivity contribution < 1.29 is 29.0 Å². The maximum absolute atomic E-state index is 13.7. The largest absolute Gasteiger partial charge is 0.472 e. The Bertz CT molecular complexity index is 1450. The first-order valence-corrected chi connectivity index (χ1v) is 13.7. The SMILES string of the molecule is CCOC(=O)C(C)(O)CCC(=O)c1ncc(C(=O)NC(c2ccccc2)c2ccccc2)c(OCc2ccccc2)n1. The predicted molar refractivity (Wildman–Crippen MR) is 156 cm³/mol. The molecule has 1 amide bonds. The van der Waals surface area contributed by atoms with Crippen LogP contribution in [0.1, 0.15) is 70.4 Å². The van der Waals surface area contributed by atoms with E-state index in [0.29, 0.717) is 0 Å². The maximum Gasteiger partial charge on any atom is 0.337 e. The molecule has 1 atom stereocenters. The van der Waals surface area contributed by atoms with E-state index in [0.717, 1.165) is 16.7 Å². The molecule has 0 aliphatic heterocycles. The van der Waals surface area contributed by atoms with Crippen molar-refractivity contribution >= 4 is 17.7 Å². The van der Waals surface area contributed by atoms with Gasteiger partial charge in [0.25, 0.3) is 5.91 Å². The van der Waals surface area contributed by atoms with Gasteiger partial charge in [-0.3, -0.25) is 9.59 Å². The molecule has 0 spiro atoms. The Hall–Kier alpha value is -4.89. The Morgan fingerprint density at radius 1 is 0.905 bits per heavy atom. The van der Waals surface area contributed by atoms with Crippen LogP contribution >= 0.6 is 0 Å². The van der Waals surface area contributed by atoms with E-state index in [9.17, 15) is 19.5 Å². The van der Waals surface area contributed by atoms with E-state index in [-0.39, 0.29) is 43.3 Å². The molecule has 0 aliphatic carbocycles. The molecule has 0 aliphatic rings. The molecule has 3 aromatic carbocycles. The van der Waals surface area contributed by atoms with Gasteiger partial charge in [0.05, 0.1) is 12.6 Å². The summed E-state index contributed by atoms with van der Waals surface area (Å²) in [6.45, 7) is 3.12. The van der Waals surface area contributed by atoms with Gasteiger partial charge in [0.1, 0.15) is 12.2 Å². The van der Waals surface area contributed by atoms with Crippen LogP contribution < -0.4 is 10.1 Å². The fourth-order valence-electron chi connectivity index (χ4n) is 4.21. The molecule has 9 nitrogen and oxygen atoms in total. The van der Waals surface area contributed by atoms with Gasteiger partial charge in [0.2, 0.25) is 5.88 Å². The van der Waals surface area contributed by atoms with Crippen molar-refractivity contribution in [2.24, 2.45) is 0 Å². The Labute approximate surface area is 244 Å². The molecule has 0 saturated carbocycles. The number of aromatic nitrogens is 2. The number of benzene rings is 3. The Balaban J connectivity index is 1.60. The zero-order valence-corrected chi connectivity index (χ0v) is 23.5. The number of rotatable bonds is 13. The summed E-state index contributed by atoms with van der Waals surface area (Å²) in [6, 6.07) is 28.0. The van der Waals surface area contributed by atoms with Crippen LogP contribution in [0.25, 0.3) is 0 Å². The number of hydrogen-bond donors (Lipinski definition) is 2. The van der Waals surface area contributed by atoms with Crippen LogP contribution in [0.15, 0.2) is 97.2 Å². The molecule has 0 fully saturated rings. The summed E-state index contributed by atoms with van der Waals surface area (Å²) >= 11 is 0. The second kappa shape index (κ2) is 14.1. The van der Waals surface area contributed by atoms with Gasteiger partial charge in [-0.1, -0.05) is 91.0 Å². The minimum absolute atomic E-state index is 0.0536. The number of amides is 1. The minimum atomic E-state index is -1.85. The van der Waals surface area contributed by atoms with Crippen LogP contribution in [0.2, 0.25) is 0 Å². The number of hydrogen-bond acceptors (Lipinski definition) is 8. The summed E-state index contributed by atoms with van der Waals surface area (Å²) in [5, 5.41) is 13.5. The number of Topliss-reactive ketones (excluding diaryl/α,β-unsaturated/α-hetero) is 1. The van der Waals surface area contributed by atoms with Gasteiger partial charge in [-0.25, -0.2) is 9.78 Å². The standard InChI is InChI=1S/C33H33N3O6/c1-3-41-32(39)33(2,40)20-19-27(37)29-34-21-26(31(36-29)42-22-23-13-7-4-8-14-23)30(38)35-28(24-15-9-5-10-16-24)25-17-11-6-12-18-25/h4-18,21,28,40H,3,19-20,22H2,1-2H3,(H,35,38). The van der Waals surface area contributed by atoms with Crippen molar-refractivity contribution in [2.75, 3.05) is 6.61 Å².